The number of piperazine rings is 1. The van der Waals surface area contributed by atoms with Crippen molar-refractivity contribution in [1.29, 1.82) is 0 Å². The summed E-state index contributed by atoms with van der Waals surface area (Å²) in [5.41, 5.74) is 3.34. The second kappa shape index (κ2) is 8.01. The minimum atomic E-state index is -3.17. The van der Waals surface area contributed by atoms with Crippen molar-refractivity contribution >= 4 is 38.5 Å². The van der Waals surface area contributed by atoms with E-state index in [0.717, 1.165) is 67.4 Å². The summed E-state index contributed by atoms with van der Waals surface area (Å²) in [6.07, 6.45) is 5.34. The van der Waals surface area contributed by atoms with Crippen LogP contribution in [0.5, 0.6) is 0 Å². The van der Waals surface area contributed by atoms with E-state index in [1.54, 1.807) is 10.7 Å². The molecule has 0 bridgehead atoms. The van der Waals surface area contributed by atoms with Crippen molar-refractivity contribution in [1.82, 2.24) is 19.9 Å². The summed E-state index contributed by atoms with van der Waals surface area (Å²) >= 11 is 0. The predicted molar refractivity (Wildman–Crippen MR) is 123 cm³/mol. The van der Waals surface area contributed by atoms with Crippen LogP contribution in [0.1, 0.15) is 18.4 Å². The average Bonchev–Trinajstić information content (AvgIpc) is 3.41. The van der Waals surface area contributed by atoms with Gasteiger partial charge in [0.25, 0.3) is 0 Å². The van der Waals surface area contributed by atoms with Gasteiger partial charge in [-0.3, -0.25) is 0 Å². The van der Waals surface area contributed by atoms with Crippen molar-refractivity contribution < 1.29 is 8.42 Å². The Morgan fingerprint density at radius 3 is 2.71 bits per heavy atom. The van der Waals surface area contributed by atoms with Gasteiger partial charge in [0.05, 0.1) is 11.9 Å². The van der Waals surface area contributed by atoms with Crippen LogP contribution in [0.3, 0.4) is 0 Å². The molecule has 1 aromatic carbocycles. The molecule has 0 radical (unpaired) electrons. The zero-order valence-electron chi connectivity index (χ0n) is 17.5. The van der Waals surface area contributed by atoms with Gasteiger partial charge in [-0.15, -0.1) is 0 Å². The highest BCUT2D eigenvalue weighted by Gasteiger charge is 2.23. The van der Waals surface area contributed by atoms with Crippen LogP contribution in [-0.4, -0.2) is 61.5 Å². The van der Waals surface area contributed by atoms with Crippen LogP contribution in [0.15, 0.2) is 36.5 Å². The molecule has 3 aromatic rings. The third-order valence-corrected chi connectivity index (χ3v) is 6.35. The Balaban J connectivity index is 1.46. The van der Waals surface area contributed by atoms with Gasteiger partial charge in [-0.05, 0) is 36.6 Å². The summed E-state index contributed by atoms with van der Waals surface area (Å²) in [4.78, 5) is 6.89. The van der Waals surface area contributed by atoms with Gasteiger partial charge in [-0.2, -0.15) is 9.61 Å². The number of rotatable bonds is 7. The van der Waals surface area contributed by atoms with Crippen molar-refractivity contribution in [2.24, 2.45) is 0 Å². The lowest BCUT2D eigenvalue weighted by Crippen LogP contribution is -2.44. The summed E-state index contributed by atoms with van der Waals surface area (Å²) < 4.78 is 26.0. The molecule has 0 amide bonds. The molecule has 3 heterocycles. The average molecular weight is 442 g/mol. The van der Waals surface area contributed by atoms with Gasteiger partial charge < -0.3 is 20.9 Å². The third-order valence-electron chi connectivity index (χ3n) is 5.52. The molecule has 1 saturated heterocycles. The SMILES string of the molecule is CS(=O)(=O)Cc1cc(Nc2cc(NC3CC3)n3nccc3n2)ccc1N1CCNCC1. The Bertz CT molecular complexity index is 1200. The zero-order valence-corrected chi connectivity index (χ0v) is 18.3. The number of aromatic nitrogens is 3. The first-order valence-corrected chi connectivity index (χ1v) is 12.7. The topological polar surface area (TPSA) is 104 Å². The highest BCUT2D eigenvalue weighted by atomic mass is 32.2. The normalized spacial score (nSPS) is 17.1. The van der Waals surface area contributed by atoms with Crippen molar-refractivity contribution in [3.63, 3.8) is 0 Å². The van der Waals surface area contributed by atoms with Crippen LogP contribution in [0, 0.1) is 0 Å². The first-order chi connectivity index (χ1) is 14.9. The number of nitrogens with one attached hydrogen (secondary N) is 3. The largest absolute Gasteiger partial charge is 0.369 e. The number of hydrogen-bond donors (Lipinski definition) is 3. The number of sulfone groups is 1. The quantitative estimate of drug-likeness (QED) is 0.512. The lowest BCUT2D eigenvalue weighted by molar-refractivity contribution is 0.587. The van der Waals surface area contributed by atoms with E-state index in [0.29, 0.717) is 11.9 Å². The Labute approximate surface area is 181 Å². The van der Waals surface area contributed by atoms with Crippen LogP contribution in [0.2, 0.25) is 0 Å². The van der Waals surface area contributed by atoms with E-state index < -0.39 is 9.84 Å². The van der Waals surface area contributed by atoms with Crippen LogP contribution >= 0.6 is 0 Å². The fourth-order valence-electron chi connectivity index (χ4n) is 3.94. The van der Waals surface area contributed by atoms with E-state index >= 15 is 0 Å². The van der Waals surface area contributed by atoms with Gasteiger partial charge in [0.1, 0.15) is 11.6 Å². The van der Waals surface area contributed by atoms with E-state index in [9.17, 15) is 8.42 Å². The van der Waals surface area contributed by atoms with E-state index in [2.05, 4.69) is 30.9 Å². The minimum Gasteiger partial charge on any atom is -0.369 e. The molecule has 5 rings (SSSR count). The number of benzene rings is 1. The molecular formula is C21H27N7O2S. The molecular weight excluding hydrogens is 414 g/mol. The number of fused-ring (bicyclic) bond motifs is 1. The molecule has 2 aliphatic rings. The van der Waals surface area contributed by atoms with E-state index in [1.165, 1.54) is 6.26 Å². The summed E-state index contributed by atoms with van der Waals surface area (Å²) in [6.45, 7) is 3.51. The van der Waals surface area contributed by atoms with Gasteiger partial charge in [-0.25, -0.2) is 13.4 Å². The molecule has 0 unspecified atom stereocenters. The Kier molecular flexibility index (Phi) is 5.19. The molecule has 3 N–H and O–H groups in total. The lowest BCUT2D eigenvalue weighted by atomic mass is 10.1. The summed E-state index contributed by atoms with van der Waals surface area (Å²) in [7, 11) is -3.17. The van der Waals surface area contributed by atoms with Crippen LogP contribution < -0.4 is 20.9 Å². The second-order valence-corrected chi connectivity index (χ2v) is 10.5. The van der Waals surface area contributed by atoms with Crippen LogP contribution in [0.4, 0.5) is 23.0 Å². The van der Waals surface area contributed by atoms with Gasteiger partial charge in [-0.1, -0.05) is 0 Å². The first kappa shape index (κ1) is 20.1. The van der Waals surface area contributed by atoms with Crippen molar-refractivity contribution in [3.8, 4) is 0 Å². The summed E-state index contributed by atoms with van der Waals surface area (Å²) in [6, 6.07) is 10.2. The maximum atomic E-state index is 12.1. The molecule has 31 heavy (non-hydrogen) atoms. The van der Waals surface area contributed by atoms with Gasteiger partial charge in [0, 0.05) is 62.0 Å². The summed E-state index contributed by atoms with van der Waals surface area (Å²) in [5.74, 6) is 1.59. The molecule has 0 spiro atoms. The van der Waals surface area contributed by atoms with E-state index in [-0.39, 0.29) is 5.75 Å². The van der Waals surface area contributed by atoms with Crippen LogP contribution in [-0.2, 0) is 15.6 Å². The number of hydrogen-bond acceptors (Lipinski definition) is 8. The highest BCUT2D eigenvalue weighted by Crippen LogP contribution is 2.30. The fourth-order valence-corrected chi connectivity index (χ4v) is 4.74. The zero-order chi connectivity index (χ0) is 21.4. The smallest absolute Gasteiger partial charge is 0.159 e. The highest BCUT2D eigenvalue weighted by molar-refractivity contribution is 7.89. The maximum absolute atomic E-state index is 12.1. The molecule has 0 atom stereocenters. The Morgan fingerprint density at radius 1 is 1.16 bits per heavy atom. The predicted octanol–water partition coefficient (Wildman–Crippen LogP) is 2.00. The van der Waals surface area contributed by atoms with Crippen molar-refractivity contribution in [2.75, 3.05) is 48.0 Å². The van der Waals surface area contributed by atoms with E-state index in [4.69, 9.17) is 0 Å². The number of nitrogens with zero attached hydrogens (tertiary/aromatic N) is 4. The minimum absolute atomic E-state index is 0.00531. The molecule has 10 heteroatoms. The molecule has 2 fully saturated rings. The second-order valence-electron chi connectivity index (χ2n) is 8.32. The maximum Gasteiger partial charge on any atom is 0.159 e. The van der Waals surface area contributed by atoms with Crippen molar-refractivity contribution in [3.05, 3.63) is 42.1 Å². The van der Waals surface area contributed by atoms with Gasteiger partial charge >= 0.3 is 0 Å². The standard InChI is InChI=1S/C21H27N7O2S/c1-31(29,30)14-15-12-17(4-5-18(15)27-10-8-22-9-11-27)24-19-13-21(25-16-2-3-16)28-20(26-19)6-7-23-28/h4-7,12-13,16,22,25H,2-3,8-11,14H2,1H3,(H,24,26). The number of anilines is 4. The van der Waals surface area contributed by atoms with Gasteiger partial charge in [0.15, 0.2) is 15.5 Å². The first-order valence-electron chi connectivity index (χ1n) is 10.6. The van der Waals surface area contributed by atoms with Gasteiger partial charge in [0.2, 0.25) is 0 Å². The molecule has 1 aliphatic carbocycles. The van der Waals surface area contributed by atoms with Crippen LogP contribution in [0.25, 0.3) is 5.65 Å². The molecule has 1 aliphatic heterocycles. The Hall–Kier alpha value is -2.85. The molecule has 2 aromatic heterocycles. The van der Waals surface area contributed by atoms with E-state index in [1.807, 2.05) is 30.3 Å². The third kappa shape index (κ3) is 4.75. The molecule has 1 saturated carbocycles. The monoisotopic (exact) mass is 441 g/mol. The summed E-state index contributed by atoms with van der Waals surface area (Å²) in [5, 5.41) is 14.5. The molecule has 164 valence electrons. The van der Waals surface area contributed by atoms with Crippen molar-refractivity contribution in [2.45, 2.75) is 24.6 Å². The fraction of sp³-hybridized carbons (Fsp3) is 0.429. The lowest BCUT2D eigenvalue weighted by Gasteiger charge is -2.31. The molecule has 9 nitrogen and oxygen atoms in total. The Morgan fingerprint density at radius 2 is 1.97 bits per heavy atom.